The van der Waals surface area contributed by atoms with Crippen LogP contribution < -0.4 is 19.3 Å². The zero-order chi connectivity index (χ0) is 27.4. The number of amides is 2. The number of anilines is 2. The molecule has 0 spiro atoms. The second kappa shape index (κ2) is 10.3. The summed E-state index contributed by atoms with van der Waals surface area (Å²) in [6.07, 6.45) is 0. The van der Waals surface area contributed by atoms with E-state index in [4.69, 9.17) is 19.4 Å². The molecule has 0 bridgehead atoms. The lowest BCUT2D eigenvalue weighted by Crippen LogP contribution is -2.27. The van der Waals surface area contributed by atoms with Crippen molar-refractivity contribution in [2.75, 3.05) is 35.5 Å². The maximum Gasteiger partial charge on any atom is 0.240 e. The summed E-state index contributed by atoms with van der Waals surface area (Å²) in [5.74, 6) is 2.46. The highest BCUT2D eigenvalue weighted by Gasteiger charge is 2.37. The normalized spacial score (nSPS) is 19.4. The summed E-state index contributed by atoms with van der Waals surface area (Å²) in [4.78, 5) is 39.2. The number of carbonyl (C=O) groups is 2. The van der Waals surface area contributed by atoms with Gasteiger partial charge in [0.15, 0.2) is 10.3 Å². The summed E-state index contributed by atoms with van der Waals surface area (Å²) < 4.78 is 12.5. The third-order valence-corrected chi connectivity index (χ3v) is 11.3. The van der Waals surface area contributed by atoms with E-state index in [0.717, 1.165) is 43.1 Å². The molecule has 0 aliphatic carbocycles. The topological polar surface area (TPSA) is 84.9 Å². The van der Waals surface area contributed by atoms with Crippen molar-refractivity contribution in [2.45, 2.75) is 10.7 Å². The van der Waals surface area contributed by atoms with Crippen LogP contribution in [0, 0.1) is 0 Å². The first-order valence-corrected chi connectivity index (χ1v) is 16.1. The molecule has 8 nitrogen and oxygen atoms in total. The zero-order valence-corrected chi connectivity index (χ0v) is 24.7. The molecule has 2 aromatic heterocycles. The monoisotopic (exact) mass is 606 g/mol. The van der Waals surface area contributed by atoms with Crippen LogP contribution in [0.5, 0.6) is 11.5 Å². The minimum Gasteiger partial charge on any atom is -0.497 e. The van der Waals surface area contributed by atoms with Gasteiger partial charge in [0.1, 0.15) is 22.2 Å². The van der Waals surface area contributed by atoms with Gasteiger partial charge in [-0.2, -0.15) is 0 Å². The van der Waals surface area contributed by atoms with E-state index in [1.54, 1.807) is 47.5 Å². The SMILES string of the molecule is COc1ccc([C@H]2SCC(=O)N2c2nc3cc4sc(N5C(=O)CS[C@@H]5c5ccc(OC)cc5)nc4cc3s2)cc1. The van der Waals surface area contributed by atoms with Gasteiger partial charge in [0, 0.05) is 0 Å². The number of methoxy groups -OCH3 is 2. The summed E-state index contributed by atoms with van der Waals surface area (Å²) in [5, 5.41) is 1.07. The number of thioether (sulfide) groups is 2. The molecule has 2 fully saturated rings. The fraction of sp³-hybridized carbons (Fsp3) is 0.214. The quantitative estimate of drug-likeness (QED) is 0.217. The first-order chi connectivity index (χ1) is 19.5. The lowest BCUT2D eigenvalue weighted by molar-refractivity contribution is -0.116. The molecule has 0 N–H and O–H groups in total. The molecular formula is C28H22N4O4S4. The Morgan fingerprint density at radius 1 is 0.675 bits per heavy atom. The molecule has 2 saturated heterocycles. The van der Waals surface area contributed by atoms with E-state index in [1.165, 1.54) is 22.7 Å². The van der Waals surface area contributed by atoms with Crippen molar-refractivity contribution in [2.24, 2.45) is 0 Å². The van der Waals surface area contributed by atoms with E-state index in [2.05, 4.69) is 0 Å². The molecule has 40 heavy (non-hydrogen) atoms. The van der Waals surface area contributed by atoms with Crippen LogP contribution in [0.4, 0.5) is 10.3 Å². The van der Waals surface area contributed by atoms with Gasteiger partial charge < -0.3 is 9.47 Å². The van der Waals surface area contributed by atoms with Gasteiger partial charge in [-0.15, -0.1) is 23.5 Å². The van der Waals surface area contributed by atoms with Crippen LogP contribution in [-0.2, 0) is 9.59 Å². The highest BCUT2D eigenvalue weighted by molar-refractivity contribution is 8.01. The number of thiazole rings is 2. The number of ether oxygens (including phenoxy) is 2. The van der Waals surface area contributed by atoms with Crippen LogP contribution in [0.2, 0.25) is 0 Å². The number of rotatable bonds is 6. The molecule has 2 amide bonds. The van der Waals surface area contributed by atoms with E-state index >= 15 is 0 Å². The van der Waals surface area contributed by atoms with Gasteiger partial charge in [-0.3, -0.25) is 19.4 Å². The van der Waals surface area contributed by atoms with E-state index in [9.17, 15) is 9.59 Å². The molecule has 0 radical (unpaired) electrons. The molecule has 202 valence electrons. The van der Waals surface area contributed by atoms with Gasteiger partial charge in [-0.05, 0) is 47.5 Å². The third-order valence-electron chi connectivity index (χ3n) is 6.83. The van der Waals surface area contributed by atoms with Crippen molar-refractivity contribution in [1.82, 2.24) is 9.97 Å². The fourth-order valence-corrected chi connectivity index (χ4v) is 9.32. The summed E-state index contributed by atoms with van der Waals surface area (Å²) in [7, 11) is 3.28. The Labute approximate surface area is 246 Å². The first kappa shape index (κ1) is 25.6. The highest BCUT2D eigenvalue weighted by atomic mass is 32.2. The number of carbonyl (C=O) groups excluding carboxylic acids is 2. The molecule has 2 aliphatic heterocycles. The van der Waals surface area contributed by atoms with Crippen molar-refractivity contribution in [3.05, 3.63) is 71.8 Å². The van der Waals surface area contributed by atoms with E-state index < -0.39 is 0 Å². The Kier molecular flexibility index (Phi) is 6.57. The zero-order valence-electron chi connectivity index (χ0n) is 21.4. The van der Waals surface area contributed by atoms with Crippen molar-refractivity contribution in [3.8, 4) is 11.5 Å². The molecule has 12 heteroatoms. The number of nitrogens with zero attached hydrogens (tertiary/aromatic N) is 4. The standard InChI is InChI=1S/C28H22N4O4S4/c1-35-17-7-3-15(4-8-17)25-31(23(33)13-37-25)27-29-19-11-22-20(12-21(19)39-27)30-28(40-22)32-24(34)14-38-26(32)16-5-9-18(36-2)10-6-16/h3-12,25-26H,13-14H2,1-2H3/t25-,26-/m1/s1. The van der Waals surface area contributed by atoms with Crippen molar-refractivity contribution < 1.29 is 19.1 Å². The highest BCUT2D eigenvalue weighted by Crippen LogP contribution is 2.47. The van der Waals surface area contributed by atoms with Crippen LogP contribution >= 0.6 is 46.2 Å². The molecule has 5 aromatic rings. The molecule has 3 aromatic carbocycles. The Hall–Kier alpha value is -3.32. The molecular weight excluding hydrogens is 585 g/mol. The minimum absolute atomic E-state index is 0.0433. The van der Waals surface area contributed by atoms with Gasteiger partial charge in [-0.25, -0.2) is 9.97 Å². The van der Waals surface area contributed by atoms with E-state index in [0.29, 0.717) is 21.8 Å². The average Bonchev–Trinajstić information content (AvgIpc) is 3.76. The van der Waals surface area contributed by atoms with Crippen LogP contribution in [0.25, 0.3) is 20.4 Å². The molecule has 2 atom stereocenters. The van der Waals surface area contributed by atoms with Crippen LogP contribution in [-0.4, -0.2) is 47.5 Å². The number of hydrogen-bond acceptors (Lipinski definition) is 10. The number of fused-ring (bicyclic) bond motifs is 2. The second-order valence-corrected chi connectivity index (χ2v) is 13.3. The Morgan fingerprint density at radius 2 is 1.07 bits per heavy atom. The van der Waals surface area contributed by atoms with Gasteiger partial charge >= 0.3 is 0 Å². The lowest BCUT2D eigenvalue weighted by atomic mass is 10.2. The smallest absolute Gasteiger partial charge is 0.240 e. The minimum atomic E-state index is -0.140. The summed E-state index contributed by atoms with van der Waals surface area (Å²) in [6, 6.07) is 19.6. The maximum absolute atomic E-state index is 12.9. The van der Waals surface area contributed by atoms with Gasteiger partial charge in [0.25, 0.3) is 0 Å². The number of benzene rings is 3. The molecule has 0 saturated carbocycles. The Balaban J connectivity index is 1.21. The third kappa shape index (κ3) is 4.39. The van der Waals surface area contributed by atoms with Crippen LogP contribution in [0.15, 0.2) is 60.7 Å². The lowest BCUT2D eigenvalue weighted by Gasteiger charge is -2.21. The number of hydrogen-bond donors (Lipinski definition) is 0. The van der Waals surface area contributed by atoms with E-state index in [-0.39, 0.29) is 22.6 Å². The number of aromatic nitrogens is 2. The van der Waals surface area contributed by atoms with Crippen molar-refractivity contribution in [3.63, 3.8) is 0 Å². The van der Waals surface area contributed by atoms with Crippen molar-refractivity contribution in [1.29, 1.82) is 0 Å². The first-order valence-electron chi connectivity index (χ1n) is 12.4. The average molecular weight is 607 g/mol. The van der Waals surface area contributed by atoms with Crippen LogP contribution in [0.3, 0.4) is 0 Å². The predicted octanol–water partition coefficient (Wildman–Crippen LogP) is 6.48. The Bertz CT molecular complexity index is 1580. The van der Waals surface area contributed by atoms with E-state index in [1.807, 2.05) is 60.7 Å². The van der Waals surface area contributed by atoms with Gasteiger partial charge in [-0.1, -0.05) is 46.9 Å². The second-order valence-electron chi connectivity index (χ2n) is 9.18. The largest absolute Gasteiger partial charge is 0.497 e. The maximum atomic E-state index is 12.9. The van der Waals surface area contributed by atoms with Gasteiger partial charge in [0.05, 0.1) is 46.2 Å². The summed E-state index contributed by atoms with van der Waals surface area (Å²) >= 11 is 6.17. The Morgan fingerprint density at radius 3 is 1.45 bits per heavy atom. The summed E-state index contributed by atoms with van der Waals surface area (Å²) in [5.41, 5.74) is 3.69. The van der Waals surface area contributed by atoms with Crippen molar-refractivity contribution >= 4 is 88.7 Å². The summed E-state index contributed by atoms with van der Waals surface area (Å²) in [6.45, 7) is 0. The van der Waals surface area contributed by atoms with Gasteiger partial charge in [0.2, 0.25) is 11.8 Å². The molecule has 2 aliphatic rings. The fourth-order valence-electron chi connectivity index (χ4n) is 4.82. The molecule has 7 rings (SSSR count). The predicted molar refractivity (Wildman–Crippen MR) is 164 cm³/mol. The molecule has 0 unspecified atom stereocenters. The molecule has 4 heterocycles. The van der Waals surface area contributed by atoms with Crippen LogP contribution in [0.1, 0.15) is 21.9 Å².